The molecule has 0 fully saturated rings. The molecule has 7 heteroatoms. The summed E-state index contributed by atoms with van der Waals surface area (Å²) in [6.07, 6.45) is 1.17. The molecule has 20 heavy (non-hydrogen) atoms. The van der Waals surface area contributed by atoms with Gasteiger partial charge in [-0.15, -0.1) is 11.3 Å². The van der Waals surface area contributed by atoms with Gasteiger partial charge >= 0.3 is 0 Å². The van der Waals surface area contributed by atoms with E-state index in [0.717, 1.165) is 21.6 Å². The summed E-state index contributed by atoms with van der Waals surface area (Å²) in [5, 5.41) is 12.8. The highest BCUT2D eigenvalue weighted by atomic mass is 35.5. The molecular formula is C13H13ClN4OS. The van der Waals surface area contributed by atoms with Crippen molar-refractivity contribution in [2.75, 3.05) is 5.32 Å². The minimum atomic E-state index is -0.599. The van der Waals surface area contributed by atoms with Crippen molar-refractivity contribution in [2.45, 2.75) is 19.6 Å². The summed E-state index contributed by atoms with van der Waals surface area (Å²) >= 11 is 7.25. The van der Waals surface area contributed by atoms with Crippen LogP contribution in [0.1, 0.15) is 23.7 Å². The molecule has 3 rings (SSSR count). The summed E-state index contributed by atoms with van der Waals surface area (Å²) in [5.74, 6) is 0.575. The number of H-pyrrole nitrogens is 1. The van der Waals surface area contributed by atoms with Crippen molar-refractivity contribution in [2.24, 2.45) is 0 Å². The molecule has 2 heterocycles. The van der Waals surface area contributed by atoms with Crippen molar-refractivity contribution in [3.05, 3.63) is 39.6 Å². The molecule has 3 aromatic rings. The number of aliphatic hydroxyl groups is 1. The second-order valence-electron chi connectivity index (χ2n) is 4.46. The number of aromatic nitrogens is 3. The fourth-order valence-corrected chi connectivity index (χ4v) is 2.81. The molecule has 1 unspecified atom stereocenters. The summed E-state index contributed by atoms with van der Waals surface area (Å²) in [5.41, 5.74) is 2.71. The lowest BCUT2D eigenvalue weighted by Crippen LogP contribution is -1.96. The zero-order valence-electron chi connectivity index (χ0n) is 10.7. The Kier molecular flexibility index (Phi) is 3.60. The van der Waals surface area contributed by atoms with Crippen LogP contribution in [-0.2, 0) is 6.54 Å². The van der Waals surface area contributed by atoms with Gasteiger partial charge in [-0.1, -0.05) is 11.6 Å². The molecule has 0 bridgehead atoms. The normalized spacial score (nSPS) is 12.8. The maximum Gasteiger partial charge on any atom is 0.183 e. The smallest absolute Gasteiger partial charge is 0.183 e. The number of fused-ring (bicyclic) bond motifs is 1. The predicted molar refractivity (Wildman–Crippen MR) is 81.2 cm³/mol. The van der Waals surface area contributed by atoms with E-state index in [1.165, 1.54) is 11.3 Å². The van der Waals surface area contributed by atoms with E-state index in [4.69, 9.17) is 11.6 Å². The minimum absolute atomic E-state index is 0.549. The molecule has 5 nitrogen and oxygen atoms in total. The number of imidazole rings is 1. The number of nitrogens with zero attached hydrogens (tertiary/aromatic N) is 2. The van der Waals surface area contributed by atoms with Crippen molar-refractivity contribution in [3.63, 3.8) is 0 Å². The van der Waals surface area contributed by atoms with Crippen LogP contribution in [0.5, 0.6) is 0 Å². The molecule has 3 N–H and O–H groups in total. The van der Waals surface area contributed by atoms with E-state index in [0.29, 0.717) is 16.8 Å². The van der Waals surface area contributed by atoms with Gasteiger partial charge in [-0.2, -0.15) is 0 Å². The Balaban J connectivity index is 1.78. The lowest BCUT2D eigenvalue weighted by atomic mass is 10.3. The van der Waals surface area contributed by atoms with Gasteiger partial charge in [0.1, 0.15) is 11.9 Å². The Morgan fingerprint density at radius 3 is 3.05 bits per heavy atom. The molecule has 1 atom stereocenters. The van der Waals surface area contributed by atoms with Gasteiger partial charge in [-0.3, -0.25) is 0 Å². The quantitative estimate of drug-likeness (QED) is 0.691. The zero-order chi connectivity index (χ0) is 14.1. The van der Waals surface area contributed by atoms with Gasteiger partial charge in [0.25, 0.3) is 0 Å². The van der Waals surface area contributed by atoms with Gasteiger partial charge in [0.2, 0.25) is 0 Å². The monoisotopic (exact) mass is 308 g/mol. The number of thiazole rings is 1. The summed E-state index contributed by atoms with van der Waals surface area (Å²) in [6.45, 7) is 2.36. The third kappa shape index (κ3) is 2.77. The average Bonchev–Trinajstić information content (AvgIpc) is 3.01. The van der Waals surface area contributed by atoms with Crippen LogP contribution in [-0.4, -0.2) is 20.1 Å². The summed E-state index contributed by atoms with van der Waals surface area (Å²) in [4.78, 5) is 12.5. The number of benzene rings is 1. The lowest BCUT2D eigenvalue weighted by Gasteiger charge is -2.03. The van der Waals surface area contributed by atoms with Crippen LogP contribution in [0.2, 0.25) is 4.47 Å². The largest absolute Gasteiger partial charge is 0.385 e. The van der Waals surface area contributed by atoms with Crippen molar-refractivity contribution in [1.29, 1.82) is 0 Å². The fraction of sp³-hybridized carbons (Fsp3) is 0.231. The zero-order valence-corrected chi connectivity index (χ0v) is 12.3. The second-order valence-corrected chi connectivity index (χ2v) is 6.16. The van der Waals surface area contributed by atoms with Gasteiger partial charge in [0.15, 0.2) is 4.47 Å². The molecule has 104 valence electrons. The average molecular weight is 309 g/mol. The van der Waals surface area contributed by atoms with E-state index in [1.54, 1.807) is 13.1 Å². The Hall–Kier alpha value is -1.63. The van der Waals surface area contributed by atoms with Crippen molar-refractivity contribution in [1.82, 2.24) is 15.0 Å². The Morgan fingerprint density at radius 1 is 1.50 bits per heavy atom. The van der Waals surface area contributed by atoms with E-state index < -0.39 is 6.10 Å². The Labute approximate surface area is 124 Å². The molecule has 0 saturated carbocycles. The second kappa shape index (κ2) is 5.40. The van der Waals surface area contributed by atoms with E-state index in [1.807, 2.05) is 18.2 Å². The molecule has 0 radical (unpaired) electrons. The SMILES string of the molecule is CC(O)c1nc2ccc(NCc3cnc(Cl)s3)cc2[nH]1. The Bertz CT molecular complexity index is 737. The van der Waals surface area contributed by atoms with Crippen LogP contribution in [0.3, 0.4) is 0 Å². The number of nitrogens with one attached hydrogen (secondary N) is 2. The van der Waals surface area contributed by atoms with E-state index in [2.05, 4.69) is 20.3 Å². The molecule has 0 amide bonds. The van der Waals surface area contributed by atoms with Gasteiger partial charge in [-0.05, 0) is 25.1 Å². The first kappa shape index (κ1) is 13.4. The summed E-state index contributed by atoms with van der Waals surface area (Å²) < 4.78 is 0.549. The molecule has 0 spiro atoms. The first-order chi connectivity index (χ1) is 9.61. The van der Waals surface area contributed by atoms with E-state index >= 15 is 0 Å². The molecule has 2 aromatic heterocycles. The molecular weight excluding hydrogens is 296 g/mol. The molecule has 0 saturated heterocycles. The highest BCUT2D eigenvalue weighted by Crippen LogP contribution is 2.22. The van der Waals surface area contributed by atoms with Crippen LogP contribution < -0.4 is 5.32 Å². The number of halogens is 1. The van der Waals surface area contributed by atoms with E-state index in [9.17, 15) is 5.11 Å². The number of rotatable bonds is 4. The topological polar surface area (TPSA) is 73.8 Å². The maximum atomic E-state index is 9.52. The maximum absolute atomic E-state index is 9.52. The molecule has 0 aliphatic carbocycles. The first-order valence-electron chi connectivity index (χ1n) is 6.13. The Morgan fingerprint density at radius 2 is 2.35 bits per heavy atom. The van der Waals surface area contributed by atoms with Crippen LogP contribution >= 0.6 is 22.9 Å². The van der Waals surface area contributed by atoms with Crippen molar-refractivity contribution in [3.8, 4) is 0 Å². The highest BCUT2D eigenvalue weighted by molar-refractivity contribution is 7.15. The standard InChI is InChI=1S/C13H13ClN4OS/c1-7(19)12-17-10-3-2-8(4-11(10)18-12)15-5-9-6-16-13(14)20-9/h2-4,6-7,15,19H,5H2,1H3,(H,17,18). The van der Waals surface area contributed by atoms with Crippen molar-refractivity contribution < 1.29 is 5.11 Å². The third-order valence-electron chi connectivity index (χ3n) is 2.89. The van der Waals surface area contributed by atoms with Crippen LogP contribution in [0.15, 0.2) is 24.4 Å². The number of anilines is 1. The molecule has 0 aliphatic rings. The van der Waals surface area contributed by atoms with Gasteiger partial charge in [0.05, 0.1) is 17.6 Å². The first-order valence-corrected chi connectivity index (χ1v) is 7.33. The predicted octanol–water partition coefficient (Wildman–Crippen LogP) is 3.34. The number of aromatic amines is 1. The van der Waals surface area contributed by atoms with Crippen LogP contribution in [0.25, 0.3) is 11.0 Å². The molecule has 0 aliphatic heterocycles. The lowest BCUT2D eigenvalue weighted by molar-refractivity contribution is 0.190. The van der Waals surface area contributed by atoms with E-state index in [-0.39, 0.29) is 0 Å². The van der Waals surface area contributed by atoms with Crippen LogP contribution in [0.4, 0.5) is 5.69 Å². The van der Waals surface area contributed by atoms with Crippen LogP contribution in [0, 0.1) is 0 Å². The van der Waals surface area contributed by atoms with Gasteiger partial charge in [-0.25, -0.2) is 9.97 Å². The highest BCUT2D eigenvalue weighted by Gasteiger charge is 2.08. The fourth-order valence-electron chi connectivity index (χ4n) is 1.89. The number of hydrogen-bond acceptors (Lipinski definition) is 5. The number of hydrogen-bond donors (Lipinski definition) is 3. The summed E-state index contributed by atoms with van der Waals surface area (Å²) in [6, 6.07) is 5.84. The van der Waals surface area contributed by atoms with Gasteiger partial charge in [0, 0.05) is 16.8 Å². The molecule has 1 aromatic carbocycles. The van der Waals surface area contributed by atoms with Gasteiger partial charge < -0.3 is 15.4 Å². The van der Waals surface area contributed by atoms with Crippen molar-refractivity contribution >= 4 is 39.7 Å². The summed E-state index contributed by atoms with van der Waals surface area (Å²) in [7, 11) is 0. The number of aliphatic hydroxyl groups excluding tert-OH is 1. The third-order valence-corrected chi connectivity index (χ3v) is 4.00. The minimum Gasteiger partial charge on any atom is -0.385 e.